The van der Waals surface area contributed by atoms with Crippen molar-refractivity contribution in [2.75, 3.05) is 0 Å². The zero-order chi connectivity index (χ0) is 26.7. The molecular weight excluding hydrogens is 530 g/mol. The maximum absolute atomic E-state index is 13.8. The molecule has 7 heteroatoms. The van der Waals surface area contributed by atoms with Crippen molar-refractivity contribution in [1.29, 1.82) is 0 Å². The van der Waals surface area contributed by atoms with Gasteiger partial charge in [0.05, 0.1) is 35.4 Å². The van der Waals surface area contributed by atoms with Crippen molar-refractivity contribution in [2.45, 2.75) is 60.0 Å². The van der Waals surface area contributed by atoms with Crippen LogP contribution in [0.3, 0.4) is 0 Å². The number of benzene rings is 2. The quantitative estimate of drug-likeness (QED) is 0.225. The molecule has 1 amide bonds. The molecule has 2 unspecified atom stereocenters. The summed E-state index contributed by atoms with van der Waals surface area (Å²) in [5.74, 6) is 1.40. The Morgan fingerprint density at radius 2 is 1.76 bits per heavy atom. The summed E-state index contributed by atoms with van der Waals surface area (Å²) in [7, 11) is 0. The molecule has 2 atom stereocenters. The summed E-state index contributed by atoms with van der Waals surface area (Å²) in [4.78, 5) is 34.3. The van der Waals surface area contributed by atoms with E-state index in [1.165, 1.54) is 0 Å². The third kappa shape index (κ3) is 6.39. The van der Waals surface area contributed by atoms with Crippen molar-refractivity contribution in [2.24, 2.45) is 11.3 Å². The number of fused-ring (bicyclic) bond motifs is 1. The van der Waals surface area contributed by atoms with Gasteiger partial charge in [0.15, 0.2) is 0 Å². The summed E-state index contributed by atoms with van der Waals surface area (Å²) >= 11 is 3.48. The number of carbonyl (C=O) groups excluding carboxylic acids is 1. The Morgan fingerprint density at radius 3 is 2.41 bits per heavy atom. The molecule has 0 saturated heterocycles. The van der Waals surface area contributed by atoms with E-state index in [0.717, 1.165) is 10.9 Å². The third-order valence-corrected chi connectivity index (χ3v) is 6.97. The van der Waals surface area contributed by atoms with Crippen LogP contribution < -0.4 is 5.56 Å². The highest BCUT2D eigenvalue weighted by molar-refractivity contribution is 9.10. The predicted molar refractivity (Wildman–Crippen MR) is 151 cm³/mol. The molecule has 0 saturated carbocycles. The number of para-hydroxylation sites is 1. The molecule has 2 aromatic heterocycles. The number of halogens is 1. The molecule has 0 radical (unpaired) electrons. The van der Waals surface area contributed by atoms with Gasteiger partial charge in [0.2, 0.25) is 5.91 Å². The van der Waals surface area contributed by atoms with Gasteiger partial charge in [-0.05, 0) is 73.2 Å². The Labute approximate surface area is 226 Å². The van der Waals surface area contributed by atoms with E-state index in [2.05, 4.69) is 43.6 Å². The van der Waals surface area contributed by atoms with Crippen LogP contribution in [-0.4, -0.2) is 20.4 Å². The highest BCUT2D eigenvalue weighted by Gasteiger charge is 2.29. The van der Waals surface area contributed by atoms with E-state index in [1.54, 1.807) is 21.8 Å². The van der Waals surface area contributed by atoms with Gasteiger partial charge in [-0.2, -0.15) is 0 Å². The fraction of sp³-hybridized carbons (Fsp3) is 0.367. The Morgan fingerprint density at radius 1 is 1.05 bits per heavy atom. The average Bonchev–Trinajstić information content (AvgIpc) is 3.35. The first-order valence-corrected chi connectivity index (χ1v) is 13.4. The first kappa shape index (κ1) is 26.9. The van der Waals surface area contributed by atoms with Crippen molar-refractivity contribution in [3.8, 4) is 5.69 Å². The average molecular weight is 565 g/mol. The Balaban J connectivity index is 1.81. The number of rotatable bonds is 8. The van der Waals surface area contributed by atoms with Crippen LogP contribution in [0.2, 0.25) is 0 Å². The minimum Gasteiger partial charge on any atom is -0.467 e. The van der Waals surface area contributed by atoms with Crippen LogP contribution in [0.4, 0.5) is 0 Å². The second kappa shape index (κ2) is 11.1. The summed E-state index contributed by atoms with van der Waals surface area (Å²) in [6.07, 6.45) is 2.94. The Kier molecular flexibility index (Phi) is 8.02. The summed E-state index contributed by atoms with van der Waals surface area (Å²) in [6, 6.07) is 18.1. The Hall–Kier alpha value is -3.19. The molecular formula is C30H34BrN3O3. The number of carbonyl (C=O) groups is 1. The zero-order valence-corrected chi connectivity index (χ0v) is 23.7. The number of hydrogen-bond acceptors (Lipinski definition) is 4. The summed E-state index contributed by atoms with van der Waals surface area (Å²) < 4.78 is 8.16. The van der Waals surface area contributed by atoms with Crippen LogP contribution >= 0.6 is 15.9 Å². The molecule has 0 bridgehead atoms. The highest BCUT2D eigenvalue weighted by Crippen LogP contribution is 2.30. The van der Waals surface area contributed by atoms with Crippen molar-refractivity contribution >= 4 is 32.7 Å². The minimum absolute atomic E-state index is 0.00501. The maximum Gasteiger partial charge on any atom is 0.266 e. The van der Waals surface area contributed by atoms with Crippen molar-refractivity contribution in [1.82, 2.24) is 14.5 Å². The fourth-order valence-electron chi connectivity index (χ4n) is 4.95. The first-order valence-electron chi connectivity index (χ1n) is 12.6. The molecule has 0 fully saturated rings. The number of furan rings is 1. The molecule has 6 nitrogen and oxygen atoms in total. The second-order valence-electron chi connectivity index (χ2n) is 11.0. The lowest BCUT2D eigenvalue weighted by atomic mass is 9.84. The van der Waals surface area contributed by atoms with Crippen LogP contribution in [0.5, 0.6) is 0 Å². The van der Waals surface area contributed by atoms with Gasteiger partial charge in [-0.1, -0.05) is 55.8 Å². The largest absolute Gasteiger partial charge is 0.467 e. The van der Waals surface area contributed by atoms with E-state index in [9.17, 15) is 9.59 Å². The van der Waals surface area contributed by atoms with Crippen LogP contribution in [0.1, 0.15) is 65.1 Å². The van der Waals surface area contributed by atoms with Crippen LogP contribution in [0.25, 0.3) is 16.6 Å². The molecule has 194 valence electrons. The molecule has 0 aliphatic carbocycles. The molecule has 0 spiro atoms. The summed E-state index contributed by atoms with van der Waals surface area (Å²) in [5, 5.41) is 0.532. The van der Waals surface area contributed by atoms with Gasteiger partial charge in [-0.3, -0.25) is 14.2 Å². The number of amides is 1. The van der Waals surface area contributed by atoms with E-state index in [-0.39, 0.29) is 29.3 Å². The van der Waals surface area contributed by atoms with Crippen LogP contribution in [-0.2, 0) is 11.3 Å². The highest BCUT2D eigenvalue weighted by atomic mass is 79.9. The van der Waals surface area contributed by atoms with Gasteiger partial charge in [0.1, 0.15) is 11.6 Å². The van der Waals surface area contributed by atoms with Crippen molar-refractivity contribution < 1.29 is 9.21 Å². The summed E-state index contributed by atoms with van der Waals surface area (Å²) in [5.41, 5.74) is 1.26. The molecule has 0 aliphatic rings. The lowest BCUT2D eigenvalue weighted by Gasteiger charge is -2.31. The monoisotopic (exact) mass is 563 g/mol. The van der Waals surface area contributed by atoms with Gasteiger partial charge in [0, 0.05) is 10.9 Å². The molecule has 2 aromatic carbocycles. The van der Waals surface area contributed by atoms with Gasteiger partial charge in [-0.15, -0.1) is 0 Å². The summed E-state index contributed by atoms with van der Waals surface area (Å²) in [6.45, 7) is 10.9. The maximum atomic E-state index is 13.8. The van der Waals surface area contributed by atoms with Gasteiger partial charge in [-0.25, -0.2) is 4.98 Å². The van der Waals surface area contributed by atoms with E-state index in [1.807, 2.05) is 61.5 Å². The van der Waals surface area contributed by atoms with E-state index in [4.69, 9.17) is 9.40 Å². The lowest BCUT2D eigenvalue weighted by Crippen LogP contribution is -2.37. The first-order chi connectivity index (χ1) is 17.5. The normalized spacial score (nSPS) is 13.5. The van der Waals surface area contributed by atoms with E-state index in [0.29, 0.717) is 34.6 Å². The van der Waals surface area contributed by atoms with Crippen LogP contribution in [0.15, 0.2) is 80.6 Å². The molecule has 4 rings (SSSR count). The van der Waals surface area contributed by atoms with E-state index >= 15 is 0 Å². The van der Waals surface area contributed by atoms with Gasteiger partial charge < -0.3 is 9.32 Å². The third-order valence-electron chi connectivity index (χ3n) is 6.44. The van der Waals surface area contributed by atoms with Gasteiger partial charge >= 0.3 is 0 Å². The molecule has 0 N–H and O–H groups in total. The fourth-order valence-corrected chi connectivity index (χ4v) is 5.22. The standard InChI is InChI=1S/C30H34BrN3O3/c1-20(18-30(3,4)5)17-27(35)33(19-24-9-8-16-37-24)21(2)28-32-26-11-7-6-10-25(26)29(36)34(28)23-14-12-22(31)13-15-23/h6-16,20-21H,17-19H2,1-5H3. The number of aromatic nitrogens is 2. The SMILES string of the molecule is CC(CC(=O)N(Cc1ccco1)C(C)c1nc2ccccc2c(=O)n1-c1ccc(Br)cc1)CC(C)(C)C. The zero-order valence-electron chi connectivity index (χ0n) is 22.1. The molecule has 0 aliphatic heterocycles. The molecule has 4 aromatic rings. The lowest BCUT2D eigenvalue weighted by molar-refractivity contribution is -0.135. The smallest absolute Gasteiger partial charge is 0.266 e. The number of hydrogen-bond donors (Lipinski definition) is 0. The second-order valence-corrected chi connectivity index (χ2v) is 11.9. The van der Waals surface area contributed by atoms with Crippen molar-refractivity contribution in [3.05, 3.63) is 93.3 Å². The van der Waals surface area contributed by atoms with Crippen molar-refractivity contribution in [3.63, 3.8) is 0 Å². The van der Waals surface area contributed by atoms with Crippen LogP contribution in [0, 0.1) is 11.3 Å². The van der Waals surface area contributed by atoms with E-state index < -0.39 is 6.04 Å². The topological polar surface area (TPSA) is 68.3 Å². The predicted octanol–water partition coefficient (Wildman–Crippen LogP) is 7.29. The minimum atomic E-state index is -0.486. The van der Waals surface area contributed by atoms with Gasteiger partial charge in [0.25, 0.3) is 5.56 Å². The number of nitrogens with zero attached hydrogens (tertiary/aromatic N) is 3. The Bertz CT molecular complexity index is 1420. The molecule has 2 heterocycles. The molecule has 37 heavy (non-hydrogen) atoms.